The van der Waals surface area contributed by atoms with Gasteiger partial charge in [-0.25, -0.2) is 0 Å². The van der Waals surface area contributed by atoms with Crippen molar-refractivity contribution in [1.29, 1.82) is 0 Å². The van der Waals surface area contributed by atoms with E-state index in [-0.39, 0.29) is 18.0 Å². The zero-order valence-corrected chi connectivity index (χ0v) is 10.8. The number of aromatic nitrogens is 2. The molecule has 2 saturated heterocycles. The normalized spacial score (nSPS) is 30.9. The van der Waals surface area contributed by atoms with Gasteiger partial charge in [0, 0.05) is 25.9 Å². The fraction of sp³-hybridized carbons (Fsp3) is 0.692. The van der Waals surface area contributed by atoms with Crippen molar-refractivity contribution in [3.8, 4) is 0 Å². The average molecular weight is 248 g/mol. The van der Waals surface area contributed by atoms with Crippen LogP contribution in [0.25, 0.3) is 0 Å². The lowest BCUT2D eigenvalue weighted by Gasteiger charge is -2.38. The first kappa shape index (κ1) is 11.9. The van der Waals surface area contributed by atoms with E-state index in [2.05, 4.69) is 35.1 Å². The second kappa shape index (κ2) is 4.48. The molecule has 0 unspecified atom stereocenters. The molecule has 1 aromatic rings. The van der Waals surface area contributed by atoms with Crippen LogP contribution in [0.3, 0.4) is 0 Å². The number of hydrogen-bond donors (Lipinski definition) is 0. The first-order valence-electron chi connectivity index (χ1n) is 6.49. The van der Waals surface area contributed by atoms with E-state index in [1.165, 1.54) is 0 Å². The van der Waals surface area contributed by atoms with Gasteiger partial charge in [0.05, 0.1) is 12.2 Å². The molecule has 97 valence electrons. The van der Waals surface area contributed by atoms with Gasteiger partial charge in [0.25, 0.3) is 0 Å². The molecule has 18 heavy (non-hydrogen) atoms. The summed E-state index contributed by atoms with van der Waals surface area (Å²) < 4.78 is 12.0. The fourth-order valence-corrected chi connectivity index (χ4v) is 2.64. The monoisotopic (exact) mass is 248 g/mol. The molecule has 0 aromatic carbocycles. The van der Waals surface area contributed by atoms with E-state index in [9.17, 15) is 0 Å². The van der Waals surface area contributed by atoms with Crippen LogP contribution in [0.5, 0.6) is 0 Å². The highest BCUT2D eigenvalue weighted by molar-refractivity contribution is 5.36. The highest BCUT2D eigenvalue weighted by Crippen LogP contribution is 2.37. The molecule has 0 aliphatic carbocycles. The van der Waals surface area contributed by atoms with E-state index < -0.39 is 0 Å². The Morgan fingerprint density at radius 1 is 1.28 bits per heavy atom. The summed E-state index contributed by atoms with van der Waals surface area (Å²) >= 11 is 0. The maximum Gasteiger partial charge on any atom is 0.172 e. The molecule has 5 nitrogen and oxygen atoms in total. The van der Waals surface area contributed by atoms with Crippen LogP contribution in [0.1, 0.15) is 26.7 Å². The Hall–Kier alpha value is -1.20. The number of ether oxygens (including phenoxy) is 2. The third-order valence-corrected chi connectivity index (χ3v) is 3.83. The van der Waals surface area contributed by atoms with Gasteiger partial charge in [-0.15, -0.1) is 10.2 Å². The van der Waals surface area contributed by atoms with Crippen molar-refractivity contribution in [2.45, 2.75) is 44.7 Å². The van der Waals surface area contributed by atoms with Crippen LogP contribution in [-0.2, 0) is 9.47 Å². The zero-order valence-electron chi connectivity index (χ0n) is 10.8. The summed E-state index contributed by atoms with van der Waals surface area (Å²) in [5.74, 6) is 0.534. The quantitative estimate of drug-likeness (QED) is 0.751. The lowest BCUT2D eigenvalue weighted by molar-refractivity contribution is -0.185. The van der Waals surface area contributed by atoms with Crippen LogP contribution in [0.4, 0.5) is 5.82 Å². The Balaban J connectivity index is 1.65. The van der Waals surface area contributed by atoms with Crippen molar-refractivity contribution >= 4 is 5.82 Å². The summed E-state index contributed by atoms with van der Waals surface area (Å²) in [5, 5.41) is 7.88. The fourth-order valence-electron chi connectivity index (χ4n) is 2.64. The molecule has 0 amide bonds. The Kier molecular flexibility index (Phi) is 2.95. The second-order valence-corrected chi connectivity index (χ2v) is 5.06. The van der Waals surface area contributed by atoms with Crippen molar-refractivity contribution in [2.24, 2.45) is 0 Å². The van der Waals surface area contributed by atoms with Crippen LogP contribution in [0.15, 0.2) is 12.1 Å². The molecule has 3 heterocycles. The maximum atomic E-state index is 6.00. The average Bonchev–Trinajstić information content (AvgIpc) is 2.66. The van der Waals surface area contributed by atoms with E-state index in [0.29, 0.717) is 0 Å². The smallest absolute Gasteiger partial charge is 0.172 e. The van der Waals surface area contributed by atoms with Gasteiger partial charge in [-0.2, -0.15) is 0 Å². The summed E-state index contributed by atoms with van der Waals surface area (Å²) in [6.07, 6.45) is 4.81. The van der Waals surface area contributed by atoms with Gasteiger partial charge in [0.1, 0.15) is 6.20 Å². The zero-order chi connectivity index (χ0) is 12.6. The topological polar surface area (TPSA) is 47.5 Å². The van der Waals surface area contributed by atoms with Gasteiger partial charge in [-0.1, -0.05) is 0 Å². The lowest BCUT2D eigenvalue weighted by Crippen LogP contribution is -2.45. The van der Waals surface area contributed by atoms with Gasteiger partial charge in [0.2, 0.25) is 0 Å². The second-order valence-electron chi connectivity index (χ2n) is 5.06. The number of hydrogen-bond acceptors (Lipinski definition) is 5. The highest BCUT2D eigenvalue weighted by atomic mass is 16.8. The summed E-state index contributed by atoms with van der Waals surface area (Å²) in [4.78, 5) is 2.21. The molecular formula is C13H18N3O2. The summed E-state index contributed by atoms with van der Waals surface area (Å²) in [7, 11) is 0. The van der Waals surface area contributed by atoms with Gasteiger partial charge in [0.15, 0.2) is 11.6 Å². The van der Waals surface area contributed by atoms with Crippen molar-refractivity contribution in [3.63, 3.8) is 0 Å². The van der Waals surface area contributed by atoms with E-state index >= 15 is 0 Å². The first-order valence-corrected chi connectivity index (χ1v) is 6.49. The van der Waals surface area contributed by atoms with Gasteiger partial charge in [-0.3, -0.25) is 0 Å². The summed E-state index contributed by atoms with van der Waals surface area (Å²) in [6, 6.07) is 3.73. The molecule has 0 N–H and O–H groups in total. The number of piperidine rings is 1. The number of anilines is 1. The Morgan fingerprint density at radius 2 is 1.94 bits per heavy atom. The minimum absolute atomic E-state index is 0.183. The minimum atomic E-state index is -0.371. The third-order valence-electron chi connectivity index (χ3n) is 3.83. The van der Waals surface area contributed by atoms with Gasteiger partial charge in [-0.05, 0) is 26.0 Å². The molecule has 2 aliphatic heterocycles. The van der Waals surface area contributed by atoms with Crippen LogP contribution in [0, 0.1) is 6.20 Å². The summed E-state index contributed by atoms with van der Waals surface area (Å²) in [6.45, 7) is 5.92. The SMILES string of the molecule is C[C@@H]1OC2(CCN(c3cc[c]nn3)CC2)O[C@H]1C. The molecule has 3 rings (SSSR count). The molecule has 2 atom stereocenters. The molecule has 0 bridgehead atoms. The molecule has 2 aliphatic rings. The molecular weight excluding hydrogens is 230 g/mol. The molecule has 2 fully saturated rings. The Morgan fingerprint density at radius 3 is 2.50 bits per heavy atom. The predicted octanol–water partition coefficient (Wildman–Crippen LogP) is 1.40. The lowest BCUT2D eigenvalue weighted by atomic mass is 10.0. The standard InChI is InChI=1S/C13H18N3O2/c1-10-11(2)18-13(17-10)5-8-16(9-6-13)12-4-3-7-14-15-12/h3-4,10-11H,5-6,8-9H2,1-2H3/t10-,11-/m0/s1. The molecule has 5 heteroatoms. The van der Waals surface area contributed by atoms with E-state index in [1.807, 2.05) is 6.07 Å². The maximum absolute atomic E-state index is 6.00. The van der Waals surface area contributed by atoms with Crippen molar-refractivity contribution in [1.82, 2.24) is 10.2 Å². The van der Waals surface area contributed by atoms with E-state index in [4.69, 9.17) is 9.47 Å². The van der Waals surface area contributed by atoms with Crippen LogP contribution >= 0.6 is 0 Å². The Bertz CT molecular complexity index is 392. The van der Waals surface area contributed by atoms with E-state index in [1.54, 1.807) is 6.07 Å². The first-order chi connectivity index (χ1) is 8.69. The van der Waals surface area contributed by atoms with Crippen LogP contribution in [-0.4, -0.2) is 41.3 Å². The van der Waals surface area contributed by atoms with Gasteiger partial charge >= 0.3 is 0 Å². The van der Waals surface area contributed by atoms with Gasteiger partial charge < -0.3 is 14.4 Å². The largest absolute Gasteiger partial charge is 0.355 e. The van der Waals surface area contributed by atoms with Crippen molar-refractivity contribution in [3.05, 3.63) is 18.3 Å². The van der Waals surface area contributed by atoms with E-state index in [0.717, 1.165) is 31.7 Å². The molecule has 1 radical (unpaired) electrons. The van der Waals surface area contributed by atoms with Crippen molar-refractivity contribution < 1.29 is 9.47 Å². The summed E-state index contributed by atoms with van der Waals surface area (Å²) in [5.41, 5.74) is 0. The molecule has 1 aromatic heterocycles. The third kappa shape index (κ3) is 2.08. The Labute approximate surface area is 107 Å². The highest BCUT2D eigenvalue weighted by Gasteiger charge is 2.46. The van der Waals surface area contributed by atoms with Crippen LogP contribution < -0.4 is 4.90 Å². The predicted molar refractivity (Wildman–Crippen MR) is 66.1 cm³/mol. The molecule has 0 saturated carbocycles. The van der Waals surface area contributed by atoms with Crippen molar-refractivity contribution in [2.75, 3.05) is 18.0 Å². The minimum Gasteiger partial charge on any atom is -0.355 e. The number of rotatable bonds is 1. The molecule has 1 spiro atoms. The number of nitrogens with zero attached hydrogens (tertiary/aromatic N) is 3. The van der Waals surface area contributed by atoms with Crippen LogP contribution in [0.2, 0.25) is 0 Å².